The number of carbonyl (C=O) groups excluding carboxylic acids is 2. The van der Waals surface area contributed by atoms with Crippen molar-refractivity contribution in [2.45, 2.75) is 50.6 Å². The fraction of sp³-hybridized carbons (Fsp3) is 0.351. The normalized spacial score (nSPS) is 18.3. The summed E-state index contributed by atoms with van der Waals surface area (Å²) >= 11 is 6.11. The number of hydrogen-bond donors (Lipinski definition) is 2. The molecule has 264 valence electrons. The number of likely N-dealkylation sites (tertiary alicyclic amines) is 1. The van der Waals surface area contributed by atoms with Gasteiger partial charge in [-0.25, -0.2) is 4.39 Å². The Morgan fingerprint density at radius 3 is 2.43 bits per heavy atom. The summed E-state index contributed by atoms with van der Waals surface area (Å²) < 4.78 is 16.6. The highest BCUT2D eigenvalue weighted by Crippen LogP contribution is 2.38. The molecule has 14 heteroatoms. The topological polar surface area (TPSA) is 137 Å². The number of tetrazole rings is 1. The van der Waals surface area contributed by atoms with Crippen molar-refractivity contribution in [3.8, 4) is 5.69 Å². The van der Waals surface area contributed by atoms with Crippen LogP contribution in [0.2, 0.25) is 5.02 Å². The summed E-state index contributed by atoms with van der Waals surface area (Å²) in [5, 5.41) is 23.1. The Hall–Kier alpha value is -5.14. The Labute approximate surface area is 299 Å². The van der Waals surface area contributed by atoms with E-state index in [0.29, 0.717) is 23.7 Å². The molecule has 2 saturated heterocycles. The van der Waals surface area contributed by atoms with Gasteiger partial charge in [-0.3, -0.25) is 14.4 Å². The van der Waals surface area contributed by atoms with Gasteiger partial charge >= 0.3 is 5.97 Å². The minimum atomic E-state index is -0.991. The van der Waals surface area contributed by atoms with Crippen molar-refractivity contribution in [2.75, 3.05) is 42.9 Å². The number of carboxylic acids is 1. The Morgan fingerprint density at radius 2 is 1.73 bits per heavy atom. The number of nitrogens with one attached hydrogen (secondary N) is 1. The second-order valence-corrected chi connectivity index (χ2v) is 13.5. The lowest BCUT2D eigenvalue weighted by molar-refractivity contribution is -0.136. The number of anilines is 2. The van der Waals surface area contributed by atoms with E-state index in [1.807, 2.05) is 12.1 Å². The zero-order valence-corrected chi connectivity index (χ0v) is 28.7. The number of hydrogen-bond acceptors (Lipinski definition) is 8. The summed E-state index contributed by atoms with van der Waals surface area (Å²) in [4.78, 5) is 45.9. The molecule has 2 fully saturated rings. The number of carboxylic acid groups (broad SMARTS) is 1. The summed E-state index contributed by atoms with van der Waals surface area (Å²) in [6, 6.07) is 15.1. The highest BCUT2D eigenvalue weighted by molar-refractivity contribution is 6.31. The summed E-state index contributed by atoms with van der Waals surface area (Å²) in [5.41, 5.74) is 4.21. The Kier molecular flexibility index (Phi) is 10.1. The summed E-state index contributed by atoms with van der Waals surface area (Å²) in [6.45, 7) is 4.43. The molecule has 2 N–H and O–H groups in total. The highest BCUT2D eigenvalue weighted by Gasteiger charge is 2.37. The van der Waals surface area contributed by atoms with E-state index in [1.165, 1.54) is 60.1 Å². The number of carbonyl (C=O) groups is 3. The van der Waals surface area contributed by atoms with Gasteiger partial charge in [0.2, 0.25) is 5.91 Å². The molecular formula is C37H38ClFN8O4. The molecule has 0 saturated carbocycles. The first-order valence-corrected chi connectivity index (χ1v) is 17.6. The van der Waals surface area contributed by atoms with Crippen LogP contribution in [0, 0.1) is 5.82 Å². The maximum absolute atomic E-state index is 15.3. The minimum Gasteiger partial charge on any atom is -0.481 e. The van der Waals surface area contributed by atoms with E-state index < -0.39 is 29.6 Å². The lowest BCUT2D eigenvalue weighted by Crippen LogP contribution is -2.46. The van der Waals surface area contributed by atoms with E-state index in [1.54, 1.807) is 30.3 Å². The predicted molar refractivity (Wildman–Crippen MR) is 190 cm³/mol. The number of aliphatic carboxylic acids is 1. The van der Waals surface area contributed by atoms with Crippen molar-refractivity contribution in [3.63, 3.8) is 0 Å². The van der Waals surface area contributed by atoms with Crippen LogP contribution in [0.25, 0.3) is 11.8 Å². The number of nitrogens with zero attached hydrogens (tertiary/aromatic N) is 7. The maximum atomic E-state index is 15.3. The molecule has 4 aromatic rings. The monoisotopic (exact) mass is 712 g/mol. The van der Waals surface area contributed by atoms with Gasteiger partial charge in [-0.05, 0) is 109 Å². The quantitative estimate of drug-likeness (QED) is 0.232. The van der Waals surface area contributed by atoms with Crippen LogP contribution in [0.5, 0.6) is 0 Å². The predicted octanol–water partition coefficient (Wildman–Crippen LogP) is 4.92. The number of aromatic nitrogens is 4. The van der Waals surface area contributed by atoms with Gasteiger partial charge in [-0.2, -0.15) is 4.68 Å². The third-order valence-corrected chi connectivity index (χ3v) is 10.4. The molecule has 7 rings (SSSR count). The fourth-order valence-corrected chi connectivity index (χ4v) is 7.74. The third-order valence-electron chi connectivity index (χ3n) is 10.1. The number of halogens is 2. The van der Waals surface area contributed by atoms with E-state index in [-0.39, 0.29) is 29.2 Å². The lowest BCUT2D eigenvalue weighted by atomic mass is 9.89. The van der Waals surface area contributed by atoms with Crippen LogP contribution in [0.3, 0.4) is 0 Å². The van der Waals surface area contributed by atoms with Gasteiger partial charge < -0.3 is 25.1 Å². The SMILES string of the molecule is O=C(O)Cc1ccc(NC(=O)C2c3cccc(N4CCC(N5CCCC5)CC4)c3CCN2C(=O)/C=C/c2c(-n3cnnn3)ccc(Cl)c2F)cc1. The first-order valence-electron chi connectivity index (χ1n) is 17.2. The molecule has 0 spiro atoms. The van der Waals surface area contributed by atoms with Gasteiger partial charge in [0.25, 0.3) is 5.91 Å². The molecule has 2 amide bonds. The van der Waals surface area contributed by atoms with Crippen molar-refractivity contribution in [3.05, 3.63) is 100 Å². The molecule has 0 bridgehead atoms. The number of fused-ring (bicyclic) bond motifs is 1. The Bertz CT molecular complexity index is 1940. The first kappa shape index (κ1) is 34.3. The molecule has 12 nitrogen and oxygen atoms in total. The van der Waals surface area contributed by atoms with E-state index in [0.717, 1.165) is 42.7 Å². The van der Waals surface area contributed by atoms with Crippen LogP contribution in [0.4, 0.5) is 15.8 Å². The van der Waals surface area contributed by atoms with Gasteiger partial charge in [-0.15, -0.1) is 5.10 Å². The van der Waals surface area contributed by atoms with Gasteiger partial charge in [-0.1, -0.05) is 35.9 Å². The molecule has 1 aromatic heterocycles. The molecule has 0 aliphatic carbocycles. The molecule has 4 heterocycles. The van der Waals surface area contributed by atoms with Gasteiger partial charge in [0, 0.05) is 48.7 Å². The van der Waals surface area contributed by atoms with Crippen LogP contribution in [0.1, 0.15) is 54.0 Å². The molecule has 3 aliphatic rings. The summed E-state index contributed by atoms with van der Waals surface area (Å²) in [7, 11) is 0. The second kappa shape index (κ2) is 15.0. The smallest absolute Gasteiger partial charge is 0.307 e. The summed E-state index contributed by atoms with van der Waals surface area (Å²) in [5.74, 6) is -2.60. The maximum Gasteiger partial charge on any atom is 0.307 e. The number of amides is 2. The van der Waals surface area contributed by atoms with Gasteiger partial charge in [0.1, 0.15) is 12.4 Å². The zero-order valence-electron chi connectivity index (χ0n) is 27.9. The molecule has 51 heavy (non-hydrogen) atoms. The molecule has 1 atom stereocenters. The van der Waals surface area contributed by atoms with Gasteiger partial charge in [0.05, 0.1) is 17.1 Å². The zero-order chi connectivity index (χ0) is 35.5. The average Bonchev–Trinajstić information content (AvgIpc) is 3.88. The van der Waals surface area contributed by atoms with Crippen LogP contribution >= 0.6 is 11.6 Å². The van der Waals surface area contributed by atoms with Crippen LogP contribution in [0.15, 0.2) is 67.0 Å². The van der Waals surface area contributed by atoms with Crippen molar-refractivity contribution >= 4 is 46.8 Å². The van der Waals surface area contributed by atoms with Crippen molar-refractivity contribution in [1.29, 1.82) is 0 Å². The van der Waals surface area contributed by atoms with E-state index >= 15 is 4.39 Å². The van der Waals surface area contributed by atoms with Crippen LogP contribution in [-0.4, -0.2) is 91.7 Å². The summed E-state index contributed by atoms with van der Waals surface area (Å²) in [6.07, 6.45) is 8.95. The van der Waals surface area contributed by atoms with E-state index in [2.05, 4.69) is 36.7 Å². The van der Waals surface area contributed by atoms with E-state index in [4.69, 9.17) is 16.7 Å². The molecule has 1 unspecified atom stereocenters. The van der Waals surface area contributed by atoms with Crippen LogP contribution in [-0.2, 0) is 27.2 Å². The van der Waals surface area contributed by atoms with E-state index in [9.17, 15) is 14.4 Å². The molecule has 3 aromatic carbocycles. The number of piperidine rings is 1. The third kappa shape index (κ3) is 7.35. The number of benzene rings is 3. The fourth-order valence-electron chi connectivity index (χ4n) is 7.57. The average molecular weight is 713 g/mol. The highest BCUT2D eigenvalue weighted by atomic mass is 35.5. The Morgan fingerprint density at radius 1 is 0.961 bits per heavy atom. The second-order valence-electron chi connectivity index (χ2n) is 13.1. The number of rotatable bonds is 9. The molecule has 3 aliphatic heterocycles. The first-order chi connectivity index (χ1) is 24.8. The van der Waals surface area contributed by atoms with Crippen molar-refractivity contribution in [1.82, 2.24) is 30.0 Å². The Balaban J connectivity index is 1.19. The van der Waals surface area contributed by atoms with Crippen molar-refractivity contribution in [2.24, 2.45) is 0 Å². The molecular weight excluding hydrogens is 675 g/mol. The van der Waals surface area contributed by atoms with Gasteiger partial charge in [0.15, 0.2) is 5.82 Å². The minimum absolute atomic E-state index is 0.0163. The van der Waals surface area contributed by atoms with Crippen molar-refractivity contribution < 1.29 is 23.9 Å². The molecule has 0 radical (unpaired) electrons. The lowest BCUT2D eigenvalue weighted by Gasteiger charge is -2.41. The van der Waals surface area contributed by atoms with Crippen LogP contribution < -0.4 is 10.2 Å². The standard InChI is InChI=1S/C37H38ClFN8O4/c38-30-11-12-32(47-23-40-42-43-47)29(35(30)39)10-13-33(48)46-21-16-27-28(36(46)37(51)41-25-8-6-24(7-9-25)22-34(49)50)4-3-5-31(27)45-19-14-26(15-20-45)44-17-1-2-18-44/h3-13,23,26,36H,1-2,14-22H2,(H,41,51)(H,49,50)/b13-10+. The largest absolute Gasteiger partial charge is 0.481 e.